The molecule has 0 spiro atoms. The van der Waals surface area contributed by atoms with Gasteiger partial charge in [-0.2, -0.15) is 10.2 Å². The maximum absolute atomic E-state index is 12.0. The molecule has 11 nitrogen and oxygen atoms in total. The topological polar surface area (TPSA) is 167 Å². The average Bonchev–Trinajstić information content (AvgIpc) is 2.46. The molecular formula is C9H10N2Na2O9S3. The van der Waals surface area contributed by atoms with Crippen molar-refractivity contribution in [2.45, 2.75) is 9.79 Å². The standard InChI is InChI=1S/C9H12N2O9S3.2Na/c1-10-11-8-3-2-7(6-9(8)23(15,16)17)22(13,14)5-4-18-21-20-19-12;;/h2-3,6,12H,4-5H2,1H3,(H,15,16,17);;/q;2*+1/p-2. The van der Waals surface area contributed by atoms with Gasteiger partial charge in [0.05, 0.1) is 22.2 Å². The Kier molecular flexibility index (Phi) is 14.7. The van der Waals surface area contributed by atoms with Crippen molar-refractivity contribution in [3.05, 3.63) is 18.2 Å². The number of nitrogens with zero attached hydrogens (tertiary/aromatic N) is 2. The average molecular weight is 432 g/mol. The summed E-state index contributed by atoms with van der Waals surface area (Å²) in [6.07, 6.45) is 0. The van der Waals surface area contributed by atoms with E-state index in [0.29, 0.717) is 6.07 Å². The van der Waals surface area contributed by atoms with Gasteiger partial charge in [0, 0.05) is 7.05 Å². The summed E-state index contributed by atoms with van der Waals surface area (Å²) in [7, 11) is -7.64. The van der Waals surface area contributed by atoms with Crippen molar-refractivity contribution in [1.82, 2.24) is 0 Å². The molecule has 0 aliphatic heterocycles. The van der Waals surface area contributed by atoms with Gasteiger partial charge in [0.15, 0.2) is 22.2 Å². The monoisotopic (exact) mass is 432 g/mol. The van der Waals surface area contributed by atoms with E-state index in [1.807, 2.05) is 0 Å². The molecule has 0 aliphatic carbocycles. The van der Waals surface area contributed by atoms with Crippen LogP contribution in [0, 0.1) is 0 Å². The number of benzene rings is 1. The Labute approximate surface area is 193 Å². The number of azo groups is 1. The van der Waals surface area contributed by atoms with Gasteiger partial charge in [-0.3, -0.25) is 9.22 Å². The third kappa shape index (κ3) is 9.57. The third-order valence-electron chi connectivity index (χ3n) is 2.31. The van der Waals surface area contributed by atoms with Gasteiger partial charge in [-0.05, 0) is 18.2 Å². The molecular weight excluding hydrogens is 422 g/mol. The summed E-state index contributed by atoms with van der Waals surface area (Å²) in [5, 5.41) is 19.3. The fourth-order valence-electron chi connectivity index (χ4n) is 1.41. The van der Waals surface area contributed by atoms with Crippen LogP contribution >= 0.6 is 12.3 Å². The second-order valence-corrected chi connectivity index (χ2v) is 7.69. The van der Waals surface area contributed by atoms with Gasteiger partial charge in [-0.1, -0.05) is 0 Å². The first-order chi connectivity index (χ1) is 10.7. The van der Waals surface area contributed by atoms with E-state index < -0.39 is 35.5 Å². The number of hydrogen-bond acceptors (Lipinski definition) is 12. The van der Waals surface area contributed by atoms with Crippen molar-refractivity contribution in [2.24, 2.45) is 10.2 Å². The van der Waals surface area contributed by atoms with Crippen LogP contribution in [-0.4, -0.2) is 40.8 Å². The zero-order valence-electron chi connectivity index (χ0n) is 13.4. The van der Waals surface area contributed by atoms with Crippen LogP contribution in [0.4, 0.5) is 5.69 Å². The van der Waals surface area contributed by atoms with E-state index in [1.54, 1.807) is 0 Å². The molecule has 0 radical (unpaired) electrons. The Morgan fingerprint density at radius 3 is 2.36 bits per heavy atom. The zero-order valence-corrected chi connectivity index (χ0v) is 19.9. The van der Waals surface area contributed by atoms with Crippen molar-refractivity contribution in [1.29, 1.82) is 0 Å². The summed E-state index contributed by atoms with van der Waals surface area (Å²) in [6.45, 7) is -0.383. The van der Waals surface area contributed by atoms with E-state index in [0.717, 1.165) is 12.1 Å². The summed E-state index contributed by atoms with van der Waals surface area (Å²) < 4.78 is 66.0. The van der Waals surface area contributed by atoms with Crippen LogP contribution in [0.3, 0.4) is 0 Å². The van der Waals surface area contributed by atoms with E-state index in [4.69, 9.17) is 0 Å². The maximum Gasteiger partial charge on any atom is 1.00 e. The molecule has 0 aromatic heterocycles. The molecule has 0 saturated carbocycles. The van der Waals surface area contributed by atoms with Crippen LogP contribution in [0.25, 0.3) is 0 Å². The van der Waals surface area contributed by atoms with Gasteiger partial charge >= 0.3 is 59.1 Å². The molecule has 25 heavy (non-hydrogen) atoms. The molecule has 0 atom stereocenters. The molecule has 0 bridgehead atoms. The van der Waals surface area contributed by atoms with E-state index in [2.05, 4.69) is 23.8 Å². The SMILES string of the molecule is CN=Nc1ccc(S(=O)(=O)CCOSOO[O-])cc1S(=O)(=O)[O-].[Na+].[Na+]. The smallest absolute Gasteiger partial charge is 0.744 e. The molecule has 0 heterocycles. The van der Waals surface area contributed by atoms with Crippen LogP contribution in [0.5, 0.6) is 0 Å². The summed E-state index contributed by atoms with van der Waals surface area (Å²) in [4.78, 5) is -1.21. The van der Waals surface area contributed by atoms with Gasteiger partial charge < -0.3 is 9.81 Å². The molecule has 0 unspecified atom stereocenters. The normalized spacial score (nSPS) is 11.8. The van der Waals surface area contributed by atoms with E-state index in [-0.39, 0.29) is 83.7 Å². The van der Waals surface area contributed by atoms with Crippen LogP contribution in [0.1, 0.15) is 0 Å². The van der Waals surface area contributed by atoms with Crippen molar-refractivity contribution >= 4 is 38.0 Å². The quantitative estimate of drug-likeness (QED) is 0.0697. The minimum Gasteiger partial charge on any atom is -0.744 e. The van der Waals surface area contributed by atoms with Gasteiger partial charge in [-0.25, -0.2) is 16.8 Å². The molecule has 130 valence electrons. The fourth-order valence-corrected chi connectivity index (χ4v) is 3.55. The van der Waals surface area contributed by atoms with E-state index in [9.17, 15) is 26.6 Å². The molecule has 0 fully saturated rings. The molecule has 1 rings (SSSR count). The third-order valence-corrected chi connectivity index (χ3v) is 5.22. The van der Waals surface area contributed by atoms with Gasteiger partial charge in [0.2, 0.25) is 0 Å². The summed E-state index contributed by atoms with van der Waals surface area (Å²) in [6, 6.07) is 2.83. The largest absolute Gasteiger partial charge is 1.00 e. The predicted molar refractivity (Wildman–Crippen MR) is 72.6 cm³/mol. The maximum atomic E-state index is 12.0. The van der Waals surface area contributed by atoms with Gasteiger partial charge in [-0.15, -0.1) is 4.33 Å². The van der Waals surface area contributed by atoms with E-state index in [1.165, 1.54) is 7.05 Å². The van der Waals surface area contributed by atoms with Crippen LogP contribution in [0.15, 0.2) is 38.2 Å². The first-order valence-corrected chi connectivity index (χ1v) is 9.32. The number of sulfone groups is 1. The number of rotatable bonds is 9. The molecule has 1 aromatic rings. The summed E-state index contributed by atoms with van der Waals surface area (Å²) in [5.41, 5.74) is -0.269. The van der Waals surface area contributed by atoms with Gasteiger partial charge in [0.25, 0.3) is 0 Å². The predicted octanol–water partition coefficient (Wildman–Crippen LogP) is -6.11. The molecule has 0 aliphatic rings. The Morgan fingerprint density at radius 1 is 1.20 bits per heavy atom. The summed E-state index contributed by atoms with van der Waals surface area (Å²) >= 11 is 0.133. The molecule has 0 amide bonds. The second-order valence-electron chi connectivity index (χ2n) is 3.73. The van der Waals surface area contributed by atoms with Crippen molar-refractivity contribution in [3.63, 3.8) is 0 Å². The molecule has 0 saturated heterocycles. The Bertz CT molecular complexity index is 771. The zero-order chi connectivity index (χ0) is 17.5. The minimum absolute atomic E-state index is 0. The van der Waals surface area contributed by atoms with Crippen molar-refractivity contribution in [3.8, 4) is 0 Å². The number of hydrogen-bond donors (Lipinski definition) is 0. The van der Waals surface area contributed by atoms with Gasteiger partial charge in [0.1, 0.15) is 15.8 Å². The van der Waals surface area contributed by atoms with Crippen LogP contribution < -0.4 is 64.4 Å². The van der Waals surface area contributed by atoms with Crippen LogP contribution in [0.2, 0.25) is 0 Å². The van der Waals surface area contributed by atoms with Crippen molar-refractivity contribution < 1.29 is 99.3 Å². The van der Waals surface area contributed by atoms with Crippen molar-refractivity contribution in [2.75, 3.05) is 19.4 Å². The first kappa shape index (κ1) is 28.1. The van der Waals surface area contributed by atoms with E-state index >= 15 is 0 Å². The second kappa shape index (κ2) is 13.1. The fraction of sp³-hybridized carbons (Fsp3) is 0.333. The minimum atomic E-state index is -4.95. The first-order valence-electron chi connectivity index (χ1n) is 5.59. The summed E-state index contributed by atoms with van der Waals surface area (Å²) in [5.74, 6) is -0.560. The molecule has 1 aromatic carbocycles. The Morgan fingerprint density at radius 2 is 1.84 bits per heavy atom. The molecule has 16 heteroatoms. The Balaban J connectivity index is 0. The molecule has 0 N–H and O–H groups in total. The van der Waals surface area contributed by atoms with Crippen LogP contribution in [-0.2, 0) is 33.5 Å². The Hall–Kier alpha value is 0.870.